The topological polar surface area (TPSA) is 95.5 Å². The van der Waals surface area contributed by atoms with Gasteiger partial charge in [-0.1, -0.05) is 66.2 Å². The predicted molar refractivity (Wildman–Crippen MR) is 141 cm³/mol. The number of nitro benzene ring substituents is 2. The second-order valence-corrected chi connectivity index (χ2v) is 9.48. The molecule has 2 unspecified atom stereocenters. The Morgan fingerprint density at radius 1 is 0.541 bits per heavy atom. The molecule has 5 rings (SSSR count). The number of aryl methyl sites for hydroxylation is 1. The van der Waals surface area contributed by atoms with Crippen LogP contribution in [0.1, 0.15) is 51.5 Å². The molecular formula is C30H26N2O5. The molecule has 4 aromatic rings. The van der Waals surface area contributed by atoms with Gasteiger partial charge in [-0.25, -0.2) is 0 Å². The van der Waals surface area contributed by atoms with Gasteiger partial charge in [0.15, 0.2) is 0 Å². The molecule has 37 heavy (non-hydrogen) atoms. The van der Waals surface area contributed by atoms with E-state index < -0.39 is 0 Å². The Balaban J connectivity index is 1.65. The van der Waals surface area contributed by atoms with E-state index in [9.17, 15) is 20.2 Å². The first-order valence-electron chi connectivity index (χ1n) is 12.1. The highest BCUT2D eigenvalue weighted by molar-refractivity contribution is 5.51. The summed E-state index contributed by atoms with van der Waals surface area (Å²) in [4.78, 5) is 21.8. The molecule has 4 aromatic carbocycles. The van der Waals surface area contributed by atoms with Crippen LogP contribution in [-0.2, 0) is 0 Å². The lowest BCUT2D eigenvalue weighted by Gasteiger charge is -2.53. The van der Waals surface area contributed by atoms with Gasteiger partial charge in [-0.3, -0.25) is 20.2 Å². The van der Waals surface area contributed by atoms with Crippen LogP contribution < -0.4 is 4.74 Å². The zero-order valence-corrected chi connectivity index (χ0v) is 20.5. The first kappa shape index (κ1) is 24.2. The van der Waals surface area contributed by atoms with Crippen LogP contribution in [0.2, 0.25) is 0 Å². The minimum atomic E-state index is -0.386. The van der Waals surface area contributed by atoms with E-state index in [2.05, 4.69) is 36.4 Å². The number of ether oxygens (including phenoxy) is 1. The van der Waals surface area contributed by atoms with E-state index in [1.165, 1.54) is 5.56 Å². The van der Waals surface area contributed by atoms with Crippen molar-refractivity contribution in [2.45, 2.75) is 30.6 Å². The van der Waals surface area contributed by atoms with Crippen molar-refractivity contribution in [1.29, 1.82) is 0 Å². The highest BCUT2D eigenvalue weighted by Gasteiger charge is 2.52. The Morgan fingerprint density at radius 3 is 1.14 bits per heavy atom. The van der Waals surface area contributed by atoms with E-state index in [1.54, 1.807) is 31.4 Å². The smallest absolute Gasteiger partial charge is 0.269 e. The van der Waals surface area contributed by atoms with Crippen LogP contribution in [0, 0.1) is 27.2 Å². The normalized spacial score (nSPS) is 20.6. The van der Waals surface area contributed by atoms with Crippen molar-refractivity contribution in [2.75, 3.05) is 7.11 Å². The van der Waals surface area contributed by atoms with Crippen LogP contribution in [0.25, 0.3) is 0 Å². The van der Waals surface area contributed by atoms with Crippen LogP contribution >= 0.6 is 0 Å². The molecule has 0 N–H and O–H groups in total. The third-order valence-corrected chi connectivity index (χ3v) is 7.49. The summed E-state index contributed by atoms with van der Waals surface area (Å²) in [5.41, 5.74) is 5.61. The van der Waals surface area contributed by atoms with Crippen molar-refractivity contribution in [2.24, 2.45) is 0 Å². The molecule has 0 aliphatic heterocycles. The van der Waals surface area contributed by atoms with Crippen molar-refractivity contribution in [3.63, 3.8) is 0 Å². The fourth-order valence-electron chi connectivity index (χ4n) is 5.66. The van der Waals surface area contributed by atoms with Crippen molar-refractivity contribution in [1.82, 2.24) is 0 Å². The van der Waals surface area contributed by atoms with Crippen LogP contribution in [0.4, 0.5) is 11.4 Å². The van der Waals surface area contributed by atoms with Gasteiger partial charge < -0.3 is 4.74 Å². The van der Waals surface area contributed by atoms with Gasteiger partial charge in [0.2, 0.25) is 0 Å². The minimum Gasteiger partial charge on any atom is -0.497 e. The summed E-state index contributed by atoms with van der Waals surface area (Å²) >= 11 is 0. The van der Waals surface area contributed by atoms with Gasteiger partial charge >= 0.3 is 0 Å². The van der Waals surface area contributed by atoms with Gasteiger partial charge in [0.05, 0.1) is 17.0 Å². The van der Waals surface area contributed by atoms with Gasteiger partial charge in [0, 0.05) is 24.3 Å². The summed E-state index contributed by atoms with van der Waals surface area (Å²) in [6, 6.07) is 30.1. The van der Waals surface area contributed by atoms with Crippen molar-refractivity contribution >= 4 is 11.4 Å². The zero-order chi connectivity index (χ0) is 26.1. The van der Waals surface area contributed by atoms with Crippen LogP contribution in [0.3, 0.4) is 0 Å². The predicted octanol–water partition coefficient (Wildman–Crippen LogP) is 7.27. The lowest BCUT2D eigenvalue weighted by Crippen LogP contribution is -2.40. The first-order valence-corrected chi connectivity index (χ1v) is 12.1. The third-order valence-electron chi connectivity index (χ3n) is 7.49. The summed E-state index contributed by atoms with van der Waals surface area (Å²) in [5.74, 6) is 1.00. The summed E-state index contributed by atoms with van der Waals surface area (Å²) in [5, 5.41) is 22.6. The van der Waals surface area contributed by atoms with Crippen molar-refractivity contribution in [3.05, 3.63) is 145 Å². The highest BCUT2D eigenvalue weighted by Crippen LogP contribution is 2.66. The van der Waals surface area contributed by atoms with Crippen LogP contribution in [0.15, 0.2) is 97.1 Å². The van der Waals surface area contributed by atoms with E-state index in [-0.39, 0.29) is 44.9 Å². The molecule has 0 amide bonds. The van der Waals surface area contributed by atoms with E-state index in [4.69, 9.17) is 4.74 Å². The Labute approximate surface area is 214 Å². The fourth-order valence-corrected chi connectivity index (χ4v) is 5.66. The summed E-state index contributed by atoms with van der Waals surface area (Å²) in [7, 11) is 1.63. The monoisotopic (exact) mass is 494 g/mol. The number of non-ortho nitro benzene ring substituents is 2. The molecule has 1 fully saturated rings. The quantitative estimate of drug-likeness (QED) is 0.199. The Bertz CT molecular complexity index is 1350. The van der Waals surface area contributed by atoms with Gasteiger partial charge in [-0.15, -0.1) is 0 Å². The molecule has 2 atom stereocenters. The summed E-state index contributed by atoms with van der Waals surface area (Å²) < 4.78 is 5.37. The van der Waals surface area contributed by atoms with E-state index in [0.29, 0.717) is 0 Å². The summed E-state index contributed by atoms with van der Waals surface area (Å²) in [6.07, 6.45) is 0. The molecule has 0 bridgehead atoms. The van der Waals surface area contributed by atoms with E-state index in [0.717, 1.165) is 28.0 Å². The molecule has 1 aliphatic carbocycles. The Kier molecular flexibility index (Phi) is 6.44. The van der Waals surface area contributed by atoms with Crippen molar-refractivity contribution in [3.8, 4) is 5.75 Å². The number of rotatable bonds is 7. The molecule has 186 valence electrons. The van der Waals surface area contributed by atoms with Crippen LogP contribution in [-0.4, -0.2) is 17.0 Å². The standard InChI is InChI=1S/C30H26N2O5/c1-19-3-5-20(6-4-19)27-28(21-7-13-24(14-8-21)31(33)34)30(23-11-17-26(37-2)18-12-23)29(27)22-9-15-25(16-10-22)32(35)36/h3-18,27-30H,1-2H3. The molecular weight excluding hydrogens is 468 g/mol. The largest absolute Gasteiger partial charge is 0.497 e. The van der Waals surface area contributed by atoms with Gasteiger partial charge in [-0.05, 0) is 65.0 Å². The number of hydrogen-bond donors (Lipinski definition) is 0. The molecule has 7 nitrogen and oxygen atoms in total. The number of nitro groups is 2. The zero-order valence-electron chi connectivity index (χ0n) is 20.5. The van der Waals surface area contributed by atoms with Gasteiger partial charge in [0.25, 0.3) is 11.4 Å². The van der Waals surface area contributed by atoms with Gasteiger partial charge in [-0.2, -0.15) is 0 Å². The second kappa shape index (κ2) is 9.85. The van der Waals surface area contributed by atoms with Crippen molar-refractivity contribution < 1.29 is 14.6 Å². The maximum atomic E-state index is 11.3. The lowest BCUT2D eigenvalue weighted by molar-refractivity contribution is -0.385. The average Bonchev–Trinajstić information content (AvgIpc) is 2.90. The SMILES string of the molecule is COc1ccc(C2C(c3ccc([N+](=O)[O-])cc3)C(c3ccc(C)cc3)C2c2ccc([N+](=O)[O-])cc2)cc1. The minimum absolute atomic E-state index is 0.0529. The number of benzene rings is 4. The molecule has 0 saturated heterocycles. The fraction of sp³-hybridized carbons (Fsp3) is 0.200. The molecule has 0 heterocycles. The van der Waals surface area contributed by atoms with E-state index in [1.807, 2.05) is 43.3 Å². The lowest BCUT2D eigenvalue weighted by atomic mass is 9.49. The number of methoxy groups -OCH3 is 1. The molecule has 7 heteroatoms. The maximum Gasteiger partial charge on any atom is 0.269 e. The maximum absolute atomic E-state index is 11.3. The Hall–Kier alpha value is -4.52. The summed E-state index contributed by atoms with van der Waals surface area (Å²) in [6.45, 7) is 2.05. The molecule has 1 aliphatic rings. The first-order chi connectivity index (χ1) is 17.9. The third kappa shape index (κ3) is 4.56. The molecule has 0 aromatic heterocycles. The van der Waals surface area contributed by atoms with E-state index >= 15 is 0 Å². The molecule has 0 radical (unpaired) electrons. The number of nitrogens with zero attached hydrogens (tertiary/aromatic N) is 2. The van der Waals surface area contributed by atoms with Crippen LogP contribution in [0.5, 0.6) is 5.75 Å². The second-order valence-electron chi connectivity index (χ2n) is 9.48. The highest BCUT2D eigenvalue weighted by atomic mass is 16.6. The Morgan fingerprint density at radius 2 is 0.838 bits per heavy atom. The molecule has 0 spiro atoms. The molecule has 1 saturated carbocycles. The average molecular weight is 495 g/mol. The van der Waals surface area contributed by atoms with Gasteiger partial charge in [0.1, 0.15) is 5.75 Å². The number of hydrogen-bond acceptors (Lipinski definition) is 5.